The molecule has 3 rings (SSSR count). The van der Waals surface area contributed by atoms with E-state index in [1.807, 2.05) is 4.90 Å². The molecule has 1 saturated heterocycles. The van der Waals surface area contributed by atoms with Crippen LogP contribution in [0.25, 0.3) is 0 Å². The molecule has 0 unspecified atom stereocenters. The standard InChI is InChI=1S/C20H27NO5/c1-24-17-11-5-9-15(19(17)25-2)20(23)26-13-18(22)21-12-6-8-14-7-3-4-10-16(14)21/h5,9,11,14,16H,3-4,6-8,10,12-13H2,1-2H3/t14-,16-/m1/s1. The number of nitrogens with zero attached hydrogens (tertiary/aromatic N) is 1. The zero-order valence-corrected chi connectivity index (χ0v) is 15.5. The summed E-state index contributed by atoms with van der Waals surface area (Å²) in [6.07, 6.45) is 6.93. The normalized spacial score (nSPS) is 22.3. The number of hydrogen-bond acceptors (Lipinski definition) is 5. The molecular formula is C20H27NO5. The number of benzene rings is 1. The van der Waals surface area contributed by atoms with Crippen molar-refractivity contribution in [2.24, 2.45) is 5.92 Å². The van der Waals surface area contributed by atoms with E-state index in [1.54, 1.807) is 18.2 Å². The van der Waals surface area contributed by atoms with E-state index >= 15 is 0 Å². The highest BCUT2D eigenvalue weighted by Gasteiger charge is 2.35. The Bertz CT molecular complexity index is 658. The van der Waals surface area contributed by atoms with Gasteiger partial charge in [0.2, 0.25) is 0 Å². The van der Waals surface area contributed by atoms with E-state index in [4.69, 9.17) is 14.2 Å². The topological polar surface area (TPSA) is 65.1 Å². The van der Waals surface area contributed by atoms with Gasteiger partial charge < -0.3 is 19.1 Å². The Balaban J connectivity index is 1.63. The Morgan fingerprint density at radius 1 is 1.08 bits per heavy atom. The predicted octanol–water partition coefficient (Wildman–Crippen LogP) is 3.04. The lowest BCUT2D eigenvalue weighted by Gasteiger charge is -2.44. The first-order valence-corrected chi connectivity index (χ1v) is 9.33. The van der Waals surface area contributed by atoms with Gasteiger partial charge in [-0.3, -0.25) is 4.79 Å². The third-order valence-electron chi connectivity index (χ3n) is 5.51. The van der Waals surface area contributed by atoms with E-state index in [2.05, 4.69) is 0 Å². The fourth-order valence-electron chi connectivity index (χ4n) is 4.27. The second kappa shape index (κ2) is 8.43. The molecule has 0 aromatic heterocycles. The molecule has 0 radical (unpaired) electrons. The fourth-order valence-corrected chi connectivity index (χ4v) is 4.27. The molecule has 0 N–H and O–H groups in total. The highest BCUT2D eigenvalue weighted by atomic mass is 16.5. The van der Waals surface area contributed by atoms with E-state index < -0.39 is 5.97 Å². The molecule has 1 aliphatic heterocycles. The number of piperidine rings is 1. The lowest BCUT2D eigenvalue weighted by Crippen LogP contribution is -2.50. The van der Waals surface area contributed by atoms with Crippen molar-refractivity contribution in [1.29, 1.82) is 0 Å². The molecule has 142 valence electrons. The molecule has 2 atom stereocenters. The van der Waals surface area contributed by atoms with E-state index in [0.717, 1.165) is 19.4 Å². The number of carbonyl (C=O) groups is 2. The third-order valence-corrected chi connectivity index (χ3v) is 5.51. The average Bonchev–Trinajstić information content (AvgIpc) is 2.70. The SMILES string of the molecule is COc1cccc(C(=O)OCC(=O)N2CCC[C@H]3CCCC[C@H]32)c1OC. The molecule has 1 amide bonds. The molecule has 2 fully saturated rings. The van der Waals surface area contributed by atoms with Gasteiger partial charge in [-0.15, -0.1) is 0 Å². The van der Waals surface area contributed by atoms with E-state index in [0.29, 0.717) is 23.5 Å². The van der Waals surface area contributed by atoms with Crippen molar-refractivity contribution in [1.82, 2.24) is 4.90 Å². The smallest absolute Gasteiger partial charge is 0.342 e. The van der Waals surface area contributed by atoms with Crippen LogP contribution < -0.4 is 9.47 Å². The van der Waals surface area contributed by atoms with Gasteiger partial charge in [0, 0.05) is 12.6 Å². The average molecular weight is 361 g/mol. The first kappa shape index (κ1) is 18.5. The van der Waals surface area contributed by atoms with Crippen LogP contribution in [0.1, 0.15) is 48.9 Å². The summed E-state index contributed by atoms with van der Waals surface area (Å²) >= 11 is 0. The molecule has 1 saturated carbocycles. The summed E-state index contributed by atoms with van der Waals surface area (Å²) in [6.45, 7) is 0.530. The highest BCUT2D eigenvalue weighted by molar-refractivity contribution is 5.95. The fraction of sp³-hybridized carbons (Fsp3) is 0.600. The van der Waals surface area contributed by atoms with Crippen LogP contribution in [-0.4, -0.2) is 50.2 Å². The second-order valence-electron chi connectivity index (χ2n) is 6.96. The number of ether oxygens (including phenoxy) is 3. The number of hydrogen-bond donors (Lipinski definition) is 0. The summed E-state index contributed by atoms with van der Waals surface area (Å²) in [5.41, 5.74) is 0.258. The van der Waals surface area contributed by atoms with Crippen molar-refractivity contribution in [2.45, 2.75) is 44.6 Å². The maximum Gasteiger partial charge on any atom is 0.342 e. The first-order chi connectivity index (χ1) is 12.7. The van der Waals surface area contributed by atoms with Crippen molar-refractivity contribution in [3.63, 3.8) is 0 Å². The van der Waals surface area contributed by atoms with Crippen molar-refractivity contribution in [3.05, 3.63) is 23.8 Å². The van der Waals surface area contributed by atoms with E-state index in [1.165, 1.54) is 39.9 Å². The van der Waals surface area contributed by atoms with Gasteiger partial charge in [-0.2, -0.15) is 0 Å². The van der Waals surface area contributed by atoms with E-state index in [9.17, 15) is 9.59 Å². The molecule has 1 heterocycles. The maximum absolute atomic E-state index is 12.7. The molecule has 6 nitrogen and oxygen atoms in total. The lowest BCUT2D eigenvalue weighted by molar-refractivity contribution is -0.140. The quantitative estimate of drug-likeness (QED) is 0.754. The Morgan fingerprint density at radius 3 is 2.62 bits per heavy atom. The number of carbonyl (C=O) groups excluding carboxylic acids is 2. The molecule has 1 aromatic carbocycles. The summed E-state index contributed by atoms with van der Waals surface area (Å²) in [6, 6.07) is 5.32. The molecular weight excluding hydrogens is 334 g/mol. The molecule has 26 heavy (non-hydrogen) atoms. The summed E-state index contributed by atoms with van der Waals surface area (Å²) in [7, 11) is 2.98. The zero-order valence-electron chi connectivity index (χ0n) is 15.5. The van der Waals surface area contributed by atoms with Crippen molar-refractivity contribution in [2.75, 3.05) is 27.4 Å². The largest absolute Gasteiger partial charge is 0.493 e. The minimum absolute atomic E-state index is 0.100. The number of likely N-dealkylation sites (tertiary alicyclic amines) is 1. The summed E-state index contributed by atoms with van der Waals surface area (Å²) < 4.78 is 15.8. The number of esters is 1. The van der Waals surface area contributed by atoms with Gasteiger partial charge in [-0.25, -0.2) is 4.79 Å². The van der Waals surface area contributed by atoms with Crippen molar-refractivity contribution in [3.8, 4) is 11.5 Å². The molecule has 6 heteroatoms. The van der Waals surface area contributed by atoms with Gasteiger partial charge in [0.1, 0.15) is 5.56 Å². The van der Waals surface area contributed by atoms with Crippen LogP contribution >= 0.6 is 0 Å². The summed E-state index contributed by atoms with van der Waals surface area (Å²) in [4.78, 5) is 27.0. The number of para-hydroxylation sites is 1. The van der Waals surface area contributed by atoms with Crippen LogP contribution in [0.3, 0.4) is 0 Å². The van der Waals surface area contributed by atoms with E-state index in [-0.39, 0.29) is 18.1 Å². The number of fused-ring (bicyclic) bond motifs is 1. The maximum atomic E-state index is 12.7. The molecule has 0 bridgehead atoms. The Labute approximate surface area is 154 Å². The second-order valence-corrected chi connectivity index (χ2v) is 6.96. The van der Waals surface area contributed by atoms with Gasteiger partial charge in [0.15, 0.2) is 18.1 Å². The van der Waals surface area contributed by atoms with Gasteiger partial charge in [0.25, 0.3) is 5.91 Å². The Morgan fingerprint density at radius 2 is 1.85 bits per heavy atom. The van der Waals surface area contributed by atoms with Gasteiger partial charge in [-0.1, -0.05) is 18.9 Å². The number of amides is 1. The van der Waals surface area contributed by atoms with Crippen LogP contribution in [0.15, 0.2) is 18.2 Å². The molecule has 1 aromatic rings. The lowest BCUT2D eigenvalue weighted by atomic mass is 9.78. The first-order valence-electron chi connectivity index (χ1n) is 9.33. The molecule has 0 spiro atoms. The highest BCUT2D eigenvalue weighted by Crippen LogP contribution is 2.35. The van der Waals surface area contributed by atoms with Crippen LogP contribution in [0.5, 0.6) is 11.5 Å². The Hall–Kier alpha value is -2.24. The van der Waals surface area contributed by atoms with Crippen LogP contribution in [-0.2, 0) is 9.53 Å². The molecule has 1 aliphatic carbocycles. The van der Waals surface area contributed by atoms with Crippen LogP contribution in [0.2, 0.25) is 0 Å². The van der Waals surface area contributed by atoms with Gasteiger partial charge >= 0.3 is 5.97 Å². The third kappa shape index (κ3) is 3.79. The van der Waals surface area contributed by atoms with Crippen molar-refractivity contribution >= 4 is 11.9 Å². The zero-order chi connectivity index (χ0) is 18.5. The summed E-state index contributed by atoms with van der Waals surface area (Å²) in [5.74, 6) is 0.700. The van der Waals surface area contributed by atoms with Crippen LogP contribution in [0, 0.1) is 5.92 Å². The monoisotopic (exact) mass is 361 g/mol. The van der Waals surface area contributed by atoms with Gasteiger partial charge in [0.05, 0.1) is 14.2 Å². The van der Waals surface area contributed by atoms with Crippen LogP contribution in [0.4, 0.5) is 0 Å². The number of rotatable bonds is 5. The summed E-state index contributed by atoms with van der Waals surface area (Å²) in [5, 5.41) is 0. The number of methoxy groups -OCH3 is 2. The van der Waals surface area contributed by atoms with Gasteiger partial charge in [-0.05, 0) is 43.7 Å². The molecule has 2 aliphatic rings. The minimum atomic E-state index is -0.577. The minimum Gasteiger partial charge on any atom is -0.493 e. The Kier molecular flexibility index (Phi) is 6.01. The predicted molar refractivity (Wildman–Crippen MR) is 96.5 cm³/mol. The van der Waals surface area contributed by atoms with Crippen molar-refractivity contribution < 1.29 is 23.8 Å².